The van der Waals surface area contributed by atoms with Gasteiger partial charge in [0.1, 0.15) is 11.5 Å². The largest absolute Gasteiger partial charge is 0.416 e. The van der Waals surface area contributed by atoms with Gasteiger partial charge < -0.3 is 9.09 Å². The number of alkyl halides is 3. The van der Waals surface area contributed by atoms with Crippen molar-refractivity contribution in [1.82, 2.24) is 19.6 Å². The normalized spacial score (nSPS) is 17.7. The average molecular weight is 388 g/mol. The Hall–Kier alpha value is -2.61. The molecule has 28 heavy (non-hydrogen) atoms. The second kappa shape index (κ2) is 6.48. The highest BCUT2D eigenvalue weighted by Gasteiger charge is 2.31. The molecular formula is C20H19F3N4O. The van der Waals surface area contributed by atoms with Gasteiger partial charge in [-0.15, -0.1) is 0 Å². The molecule has 8 heteroatoms. The van der Waals surface area contributed by atoms with E-state index in [9.17, 15) is 13.2 Å². The van der Waals surface area contributed by atoms with Crippen molar-refractivity contribution in [2.75, 3.05) is 6.54 Å². The predicted molar refractivity (Wildman–Crippen MR) is 95.3 cm³/mol. The van der Waals surface area contributed by atoms with Crippen LogP contribution in [0, 0.1) is 0 Å². The Morgan fingerprint density at radius 3 is 2.64 bits per heavy atom. The second-order valence-corrected chi connectivity index (χ2v) is 7.49. The standard InChI is InChI=1S/C20H19F3N4O/c21-20(22,23)14-3-1-13(2-4-14)19-17-11-26(8-7-18(17)28-25-19)10-16-9-24-12-27(16)15-5-6-15/h1-4,9,12,15H,5-8,10-11H2. The van der Waals surface area contributed by atoms with Crippen molar-refractivity contribution in [3.63, 3.8) is 0 Å². The molecule has 0 atom stereocenters. The fraction of sp³-hybridized carbons (Fsp3) is 0.400. The van der Waals surface area contributed by atoms with Gasteiger partial charge in [-0.25, -0.2) is 4.98 Å². The lowest BCUT2D eigenvalue weighted by molar-refractivity contribution is -0.137. The van der Waals surface area contributed by atoms with Gasteiger partial charge in [0.25, 0.3) is 0 Å². The highest BCUT2D eigenvalue weighted by molar-refractivity contribution is 5.64. The van der Waals surface area contributed by atoms with E-state index >= 15 is 0 Å². The molecule has 2 aliphatic rings. The van der Waals surface area contributed by atoms with Crippen LogP contribution >= 0.6 is 0 Å². The number of fused-ring (bicyclic) bond motifs is 1. The van der Waals surface area contributed by atoms with Crippen molar-refractivity contribution < 1.29 is 17.7 Å². The Morgan fingerprint density at radius 1 is 1.14 bits per heavy atom. The predicted octanol–water partition coefficient (Wildman–Crippen LogP) is 4.45. The summed E-state index contributed by atoms with van der Waals surface area (Å²) in [6, 6.07) is 5.68. The summed E-state index contributed by atoms with van der Waals surface area (Å²) >= 11 is 0. The molecule has 1 saturated carbocycles. The van der Waals surface area contributed by atoms with E-state index in [1.807, 2.05) is 12.5 Å². The Morgan fingerprint density at radius 2 is 1.93 bits per heavy atom. The summed E-state index contributed by atoms with van der Waals surface area (Å²) in [7, 11) is 0. The number of nitrogens with zero attached hydrogens (tertiary/aromatic N) is 4. The van der Waals surface area contributed by atoms with Crippen molar-refractivity contribution in [2.24, 2.45) is 0 Å². The SMILES string of the molecule is FC(F)(F)c1ccc(-c2noc3c2CN(Cc2cncn2C2CC2)CC3)cc1. The van der Waals surface area contributed by atoms with Crippen molar-refractivity contribution >= 4 is 0 Å². The minimum absolute atomic E-state index is 0.580. The molecule has 3 heterocycles. The van der Waals surface area contributed by atoms with E-state index in [2.05, 4.69) is 19.6 Å². The number of hydrogen-bond donors (Lipinski definition) is 0. The van der Waals surface area contributed by atoms with E-state index in [-0.39, 0.29) is 0 Å². The second-order valence-electron chi connectivity index (χ2n) is 7.49. The van der Waals surface area contributed by atoms with Gasteiger partial charge in [0, 0.05) is 49.4 Å². The summed E-state index contributed by atoms with van der Waals surface area (Å²) in [5.41, 5.74) is 2.76. The van der Waals surface area contributed by atoms with Gasteiger partial charge in [-0.3, -0.25) is 4.90 Å². The van der Waals surface area contributed by atoms with Crippen molar-refractivity contribution in [3.05, 3.63) is 59.4 Å². The molecule has 1 aromatic carbocycles. The van der Waals surface area contributed by atoms with E-state index in [1.54, 1.807) is 0 Å². The zero-order valence-electron chi connectivity index (χ0n) is 15.1. The molecule has 0 bridgehead atoms. The zero-order chi connectivity index (χ0) is 19.3. The summed E-state index contributed by atoms with van der Waals surface area (Å²) in [6.07, 6.45) is 2.62. The molecular weight excluding hydrogens is 369 g/mol. The molecule has 0 N–H and O–H groups in total. The molecule has 0 spiro atoms. The Bertz CT molecular complexity index is 986. The van der Waals surface area contributed by atoms with Crippen molar-refractivity contribution in [3.8, 4) is 11.3 Å². The first-order valence-corrected chi connectivity index (χ1v) is 9.37. The van der Waals surface area contributed by atoms with Crippen LogP contribution in [0.2, 0.25) is 0 Å². The quantitative estimate of drug-likeness (QED) is 0.663. The minimum atomic E-state index is -4.34. The number of imidazole rings is 1. The van der Waals surface area contributed by atoms with Crippen molar-refractivity contribution in [1.29, 1.82) is 0 Å². The zero-order valence-corrected chi connectivity index (χ0v) is 15.1. The maximum atomic E-state index is 12.8. The first-order valence-electron chi connectivity index (χ1n) is 9.37. The Kier molecular flexibility index (Phi) is 4.04. The molecule has 2 aromatic heterocycles. The molecule has 1 aliphatic carbocycles. The highest BCUT2D eigenvalue weighted by atomic mass is 19.4. The monoisotopic (exact) mass is 388 g/mol. The number of hydrogen-bond acceptors (Lipinski definition) is 4. The van der Waals surface area contributed by atoms with E-state index in [0.717, 1.165) is 43.0 Å². The molecule has 3 aromatic rings. The Labute approximate surface area is 159 Å². The van der Waals surface area contributed by atoms with E-state index in [4.69, 9.17) is 4.52 Å². The molecule has 0 amide bonds. The molecule has 1 aliphatic heterocycles. The summed E-state index contributed by atoms with van der Waals surface area (Å²) in [5.74, 6) is 0.821. The third kappa shape index (κ3) is 3.22. The highest BCUT2D eigenvalue weighted by Crippen LogP contribution is 2.37. The average Bonchev–Trinajstić information content (AvgIpc) is 3.27. The van der Waals surface area contributed by atoms with Crippen LogP contribution in [0.3, 0.4) is 0 Å². The van der Waals surface area contributed by atoms with Gasteiger partial charge in [0.05, 0.1) is 17.6 Å². The van der Waals surface area contributed by atoms with Gasteiger partial charge in [-0.2, -0.15) is 13.2 Å². The molecule has 0 radical (unpaired) electrons. The molecule has 146 valence electrons. The molecule has 1 fully saturated rings. The summed E-state index contributed by atoms with van der Waals surface area (Å²) in [5, 5.41) is 4.15. The van der Waals surface area contributed by atoms with Crippen LogP contribution in [0.1, 0.15) is 41.5 Å². The van der Waals surface area contributed by atoms with Crippen LogP contribution in [0.15, 0.2) is 41.3 Å². The maximum Gasteiger partial charge on any atom is 0.416 e. The van der Waals surface area contributed by atoms with E-state index < -0.39 is 11.7 Å². The maximum absolute atomic E-state index is 12.8. The summed E-state index contributed by atoms with van der Waals surface area (Å²) in [6.45, 7) is 2.29. The number of benzene rings is 1. The van der Waals surface area contributed by atoms with Gasteiger partial charge in [0.15, 0.2) is 0 Å². The Balaban J connectivity index is 1.37. The lowest BCUT2D eigenvalue weighted by Gasteiger charge is -2.26. The van der Waals surface area contributed by atoms with Crippen LogP contribution in [0.25, 0.3) is 11.3 Å². The third-order valence-corrected chi connectivity index (χ3v) is 5.46. The summed E-state index contributed by atoms with van der Waals surface area (Å²) in [4.78, 5) is 6.60. The van der Waals surface area contributed by atoms with E-state index in [1.165, 1.54) is 30.7 Å². The van der Waals surface area contributed by atoms with Crippen LogP contribution in [0.4, 0.5) is 13.2 Å². The number of halogens is 3. The van der Waals surface area contributed by atoms with Crippen LogP contribution in [-0.4, -0.2) is 26.2 Å². The fourth-order valence-corrected chi connectivity index (χ4v) is 3.81. The lowest BCUT2D eigenvalue weighted by Crippen LogP contribution is -2.30. The smallest absolute Gasteiger partial charge is 0.360 e. The molecule has 0 unspecified atom stereocenters. The first kappa shape index (κ1) is 17.5. The molecule has 5 nitrogen and oxygen atoms in total. The first-order chi connectivity index (χ1) is 13.5. The van der Waals surface area contributed by atoms with Crippen LogP contribution in [0.5, 0.6) is 0 Å². The van der Waals surface area contributed by atoms with Crippen molar-refractivity contribution in [2.45, 2.75) is 44.6 Å². The molecule has 5 rings (SSSR count). The van der Waals surface area contributed by atoms with Gasteiger partial charge in [0.2, 0.25) is 0 Å². The fourth-order valence-electron chi connectivity index (χ4n) is 3.81. The topological polar surface area (TPSA) is 47.1 Å². The van der Waals surface area contributed by atoms with Gasteiger partial charge >= 0.3 is 6.18 Å². The van der Waals surface area contributed by atoms with Crippen LogP contribution < -0.4 is 0 Å². The van der Waals surface area contributed by atoms with Crippen LogP contribution in [-0.2, 0) is 25.7 Å². The minimum Gasteiger partial charge on any atom is -0.360 e. The molecule has 0 saturated heterocycles. The van der Waals surface area contributed by atoms with E-state index in [0.29, 0.717) is 23.8 Å². The third-order valence-electron chi connectivity index (χ3n) is 5.46. The lowest BCUT2D eigenvalue weighted by atomic mass is 10.0. The summed E-state index contributed by atoms with van der Waals surface area (Å²) < 4.78 is 46.2. The number of aromatic nitrogens is 3. The number of rotatable bonds is 4. The van der Waals surface area contributed by atoms with Gasteiger partial charge in [-0.05, 0) is 25.0 Å². The van der Waals surface area contributed by atoms with Gasteiger partial charge in [-0.1, -0.05) is 17.3 Å².